The number of sulfonamides is 1. The quantitative estimate of drug-likeness (QED) is 0.448. The van der Waals surface area contributed by atoms with Crippen molar-refractivity contribution >= 4 is 59.8 Å². The molecule has 1 aromatic rings. The molecule has 2 rings (SSSR count). The molecule has 1 aliphatic rings. The Morgan fingerprint density at radius 1 is 1.22 bits per heavy atom. The maximum Gasteiger partial charge on any atom is 2.00 e. The monoisotopic (exact) mass is 311 g/mol. The number of carboxylic acid groups (broad SMARTS) is 2. The van der Waals surface area contributed by atoms with Gasteiger partial charge >= 0.3 is 73.5 Å². The number of hydrogen-bond donors (Lipinski definition) is 3. The molecule has 0 aromatic heterocycles. The Kier molecular flexibility index (Phi) is 9.52. The van der Waals surface area contributed by atoms with Crippen molar-refractivity contribution in [2.75, 3.05) is 0 Å². The van der Waals surface area contributed by atoms with E-state index in [1.165, 1.54) is 12.1 Å². The minimum atomic E-state index is -3.55. The third-order valence-electron chi connectivity index (χ3n) is 1.65. The van der Waals surface area contributed by atoms with Crippen molar-refractivity contribution in [1.82, 2.24) is 4.72 Å². The second kappa shape index (κ2) is 8.36. The number of nitrogens with one attached hydrogen (secondary N) is 1. The normalized spacial score (nSPS) is 13.7. The maximum atomic E-state index is 11.1. The van der Waals surface area contributed by atoms with Gasteiger partial charge in [0.2, 0.25) is 0 Å². The Morgan fingerprint density at radius 3 is 2.11 bits per heavy atom. The Morgan fingerprint density at radius 2 is 1.67 bits per heavy atom. The molecule has 1 aliphatic heterocycles. The fraction of sp³-hybridized carbons (Fsp3) is 0. The average molecular weight is 311 g/mol. The van der Waals surface area contributed by atoms with Crippen molar-refractivity contribution in [3.8, 4) is 0 Å². The van der Waals surface area contributed by atoms with E-state index in [0.717, 1.165) is 0 Å². The molecule has 3 N–H and O–H groups in total. The summed E-state index contributed by atoms with van der Waals surface area (Å²) >= 11 is 0. The van der Waals surface area contributed by atoms with Crippen LogP contribution in [0.4, 0.5) is 4.79 Å². The molecule has 0 aliphatic carbocycles. The number of carbonyl (C=O) groups excluding carboxylic acids is 1. The van der Waals surface area contributed by atoms with Crippen LogP contribution in [0.25, 0.3) is 0 Å². The smallest absolute Gasteiger partial charge is 1.00 e. The largest absolute Gasteiger partial charge is 2.00 e. The summed E-state index contributed by atoms with van der Waals surface area (Å²) in [5.74, 6) is -0.550. The van der Waals surface area contributed by atoms with Gasteiger partial charge in [-0.25, -0.2) is 17.9 Å². The van der Waals surface area contributed by atoms with Gasteiger partial charge in [-0.1, -0.05) is 12.1 Å². The van der Waals surface area contributed by atoms with Gasteiger partial charge in [0, 0.05) is 0 Å². The number of benzene rings is 1. The van der Waals surface area contributed by atoms with Crippen LogP contribution in [0.3, 0.4) is 0 Å². The van der Waals surface area contributed by atoms with Gasteiger partial charge in [0.1, 0.15) is 4.90 Å². The molecule has 18 heavy (non-hydrogen) atoms. The zero-order chi connectivity index (χ0) is 12.3. The molecule has 1 heterocycles. The second-order valence-corrected chi connectivity index (χ2v) is 4.36. The molecule has 0 unspecified atom stereocenters. The van der Waals surface area contributed by atoms with Crippen molar-refractivity contribution in [2.45, 2.75) is 4.90 Å². The third kappa shape index (κ3) is 5.43. The van der Waals surface area contributed by atoms with Gasteiger partial charge in [-0.05, 0) is 12.1 Å². The molecule has 0 atom stereocenters. The van der Waals surface area contributed by atoms with Crippen LogP contribution in [0.2, 0.25) is 0 Å². The SMILES string of the molecule is O=C(O)O.O=C1NS(=O)(=O)c2ccccc21.[Ca+2].[H-].[H-].[H-].[Na+]. The Labute approximate surface area is 159 Å². The molecule has 0 fully saturated rings. The van der Waals surface area contributed by atoms with E-state index >= 15 is 0 Å². The molecular weight excluding hydrogens is 301 g/mol. The first-order chi connectivity index (χ1) is 7.34. The van der Waals surface area contributed by atoms with Crippen molar-refractivity contribution in [3.05, 3.63) is 29.8 Å². The van der Waals surface area contributed by atoms with Gasteiger partial charge in [-0.15, -0.1) is 0 Å². The Hall–Kier alpha value is 0.170. The summed E-state index contributed by atoms with van der Waals surface area (Å²) in [5.41, 5.74) is 0.220. The zero-order valence-corrected chi connectivity index (χ0v) is 14.5. The maximum absolute atomic E-state index is 11.1. The van der Waals surface area contributed by atoms with Gasteiger partial charge in [0.15, 0.2) is 0 Å². The fourth-order valence-electron chi connectivity index (χ4n) is 1.12. The van der Waals surface area contributed by atoms with Crippen molar-refractivity contribution in [3.63, 3.8) is 0 Å². The van der Waals surface area contributed by atoms with Crippen LogP contribution in [-0.2, 0) is 10.0 Å². The summed E-state index contributed by atoms with van der Waals surface area (Å²) in [6.07, 6.45) is -1.83. The minimum Gasteiger partial charge on any atom is -1.00 e. The fourth-order valence-corrected chi connectivity index (χ4v) is 2.29. The standard InChI is InChI=1S/C7H5NO3S.CH2O3.Ca.Na.3H/c9-7-5-3-1-2-4-6(5)12(10,11)8-7;2-1(3)4;;;;;/h1-4H,(H,8,9);(H2,2,3,4);;;;;/q;;+2;+1;3*-1. The third-order valence-corrected chi connectivity index (χ3v) is 3.04. The van der Waals surface area contributed by atoms with Gasteiger partial charge in [-0.2, -0.15) is 0 Å². The van der Waals surface area contributed by atoms with Crippen LogP contribution in [0, 0.1) is 0 Å². The van der Waals surface area contributed by atoms with Gasteiger partial charge in [0.05, 0.1) is 5.56 Å². The molecule has 0 saturated heterocycles. The number of carbonyl (C=O) groups is 2. The van der Waals surface area contributed by atoms with Gasteiger partial charge < -0.3 is 14.5 Å². The molecule has 0 radical (unpaired) electrons. The van der Waals surface area contributed by atoms with Crippen molar-refractivity contribution in [1.29, 1.82) is 0 Å². The Balaban J connectivity index is -0.0000000864. The molecule has 1 aromatic carbocycles. The van der Waals surface area contributed by atoms with E-state index < -0.39 is 22.1 Å². The van der Waals surface area contributed by atoms with E-state index in [1.807, 2.05) is 4.72 Å². The van der Waals surface area contributed by atoms with Crippen LogP contribution in [0.1, 0.15) is 14.6 Å². The number of amides is 1. The number of hydrogen-bond acceptors (Lipinski definition) is 4. The van der Waals surface area contributed by atoms with Crippen LogP contribution in [-0.4, -0.2) is 68.4 Å². The van der Waals surface area contributed by atoms with Crippen molar-refractivity contribution < 1.29 is 62.1 Å². The molecular formula is C8H10CaNNaO6S. The van der Waals surface area contributed by atoms with Crippen LogP contribution < -0.4 is 34.3 Å². The van der Waals surface area contributed by atoms with E-state index in [2.05, 4.69) is 0 Å². The van der Waals surface area contributed by atoms with E-state index in [9.17, 15) is 13.2 Å². The van der Waals surface area contributed by atoms with Gasteiger partial charge in [0.25, 0.3) is 15.9 Å². The van der Waals surface area contributed by atoms with Crippen LogP contribution in [0.15, 0.2) is 29.2 Å². The van der Waals surface area contributed by atoms with E-state index in [4.69, 9.17) is 15.0 Å². The topological polar surface area (TPSA) is 121 Å². The molecule has 0 saturated carbocycles. The first-order valence-corrected chi connectivity index (χ1v) is 5.41. The summed E-state index contributed by atoms with van der Waals surface area (Å²) in [5, 5.41) is 13.9. The van der Waals surface area contributed by atoms with E-state index in [1.54, 1.807) is 12.1 Å². The first-order valence-electron chi connectivity index (χ1n) is 3.92. The molecule has 92 valence electrons. The average Bonchev–Trinajstić information content (AvgIpc) is 2.38. The summed E-state index contributed by atoms with van der Waals surface area (Å²) in [7, 11) is -3.55. The minimum absolute atomic E-state index is 0. The molecule has 0 bridgehead atoms. The van der Waals surface area contributed by atoms with Crippen LogP contribution in [0.5, 0.6) is 0 Å². The molecule has 7 nitrogen and oxygen atoms in total. The summed E-state index contributed by atoms with van der Waals surface area (Å²) < 4.78 is 24.2. The summed E-state index contributed by atoms with van der Waals surface area (Å²) in [4.78, 5) is 19.6. The van der Waals surface area contributed by atoms with Crippen molar-refractivity contribution in [2.24, 2.45) is 0 Å². The molecule has 10 heteroatoms. The first kappa shape index (κ1) is 20.5. The number of rotatable bonds is 0. The Bertz CT molecular complexity index is 555. The molecule has 0 spiro atoms. The van der Waals surface area contributed by atoms with Crippen LogP contribution >= 0.6 is 0 Å². The second-order valence-electron chi connectivity index (χ2n) is 2.71. The molecule has 1 amide bonds. The summed E-state index contributed by atoms with van der Waals surface area (Å²) in [6, 6.07) is 6.09. The number of fused-ring (bicyclic) bond motifs is 1. The zero-order valence-electron chi connectivity index (χ0n) is 12.5. The van der Waals surface area contributed by atoms with E-state index in [0.29, 0.717) is 0 Å². The van der Waals surface area contributed by atoms with E-state index in [-0.39, 0.29) is 82.0 Å². The predicted octanol–water partition coefficient (Wildman–Crippen LogP) is -2.70. The predicted molar refractivity (Wildman–Crippen MR) is 60.8 cm³/mol. The summed E-state index contributed by atoms with van der Waals surface area (Å²) in [6.45, 7) is 0. The van der Waals surface area contributed by atoms with Gasteiger partial charge in [-0.3, -0.25) is 4.79 Å².